The maximum Gasteiger partial charge on any atom is 0.165 e. The van der Waals surface area contributed by atoms with Gasteiger partial charge >= 0.3 is 0 Å². The van der Waals surface area contributed by atoms with Crippen LogP contribution in [0, 0.1) is 0 Å². The first-order chi connectivity index (χ1) is 6.74. The highest BCUT2D eigenvalue weighted by Gasteiger charge is 2.04. The molecule has 3 heteroatoms. The van der Waals surface area contributed by atoms with Crippen molar-refractivity contribution in [1.29, 1.82) is 0 Å². The summed E-state index contributed by atoms with van der Waals surface area (Å²) in [6.45, 7) is 3.04. The van der Waals surface area contributed by atoms with Crippen LogP contribution in [0.2, 0.25) is 5.02 Å². The fraction of sp³-hybridized carbons (Fsp3) is 0.364. The van der Waals surface area contributed by atoms with Gasteiger partial charge in [-0.15, -0.1) is 0 Å². The van der Waals surface area contributed by atoms with Crippen molar-refractivity contribution in [2.75, 3.05) is 13.2 Å². The third-order valence-corrected chi connectivity index (χ3v) is 2.10. The molecule has 0 fully saturated rings. The molecule has 0 aliphatic rings. The molecule has 0 saturated carbocycles. The Morgan fingerprint density at radius 2 is 2.00 bits per heavy atom. The molecule has 1 aromatic carbocycles. The molecule has 2 nitrogen and oxygen atoms in total. The summed E-state index contributed by atoms with van der Waals surface area (Å²) in [6.07, 6.45) is 0.426. The summed E-state index contributed by atoms with van der Waals surface area (Å²) in [4.78, 5) is 11.5. The Labute approximate surface area is 88.8 Å². The zero-order chi connectivity index (χ0) is 10.4. The summed E-state index contributed by atoms with van der Waals surface area (Å²) < 4.78 is 5.10. The van der Waals surface area contributed by atoms with Crippen molar-refractivity contribution in [2.24, 2.45) is 0 Å². The Bertz CT molecular complexity index is 293. The number of ether oxygens (including phenoxy) is 1. The second-order valence-corrected chi connectivity index (χ2v) is 3.31. The van der Waals surface area contributed by atoms with E-state index in [2.05, 4.69) is 0 Å². The van der Waals surface area contributed by atoms with Crippen molar-refractivity contribution < 1.29 is 9.53 Å². The minimum Gasteiger partial charge on any atom is -0.381 e. The van der Waals surface area contributed by atoms with Gasteiger partial charge in [-0.05, 0) is 31.2 Å². The lowest BCUT2D eigenvalue weighted by molar-refractivity contribution is 0.0896. The van der Waals surface area contributed by atoms with Gasteiger partial charge in [0.25, 0.3) is 0 Å². The number of benzene rings is 1. The van der Waals surface area contributed by atoms with Gasteiger partial charge in [-0.3, -0.25) is 4.79 Å². The molecule has 0 N–H and O–H groups in total. The van der Waals surface area contributed by atoms with E-state index in [1.54, 1.807) is 24.3 Å². The topological polar surface area (TPSA) is 26.3 Å². The molecule has 1 aromatic rings. The Kier molecular flexibility index (Phi) is 4.63. The van der Waals surface area contributed by atoms with Gasteiger partial charge in [0.15, 0.2) is 5.78 Å². The highest BCUT2D eigenvalue weighted by atomic mass is 35.5. The van der Waals surface area contributed by atoms with Crippen LogP contribution in [0.1, 0.15) is 23.7 Å². The SMILES string of the molecule is CCOCCC(=O)c1ccc(Cl)cc1. The number of rotatable bonds is 5. The third-order valence-electron chi connectivity index (χ3n) is 1.84. The summed E-state index contributed by atoms with van der Waals surface area (Å²) in [7, 11) is 0. The van der Waals surface area contributed by atoms with E-state index in [0.29, 0.717) is 30.2 Å². The molecular weight excluding hydrogens is 200 g/mol. The molecule has 0 aliphatic heterocycles. The van der Waals surface area contributed by atoms with Gasteiger partial charge in [-0.25, -0.2) is 0 Å². The lowest BCUT2D eigenvalue weighted by atomic mass is 10.1. The van der Waals surface area contributed by atoms with E-state index in [4.69, 9.17) is 16.3 Å². The van der Waals surface area contributed by atoms with Crippen LogP contribution in [0.3, 0.4) is 0 Å². The molecule has 1 rings (SSSR count). The maximum absolute atomic E-state index is 11.5. The van der Waals surface area contributed by atoms with Crippen LogP contribution >= 0.6 is 11.6 Å². The maximum atomic E-state index is 11.5. The zero-order valence-corrected chi connectivity index (χ0v) is 8.88. The van der Waals surface area contributed by atoms with Crippen molar-refractivity contribution in [1.82, 2.24) is 0 Å². The van der Waals surface area contributed by atoms with Crippen LogP contribution in [0.4, 0.5) is 0 Å². The first-order valence-corrected chi connectivity index (χ1v) is 4.98. The van der Waals surface area contributed by atoms with E-state index in [-0.39, 0.29) is 5.78 Å². The first kappa shape index (κ1) is 11.2. The predicted octanol–water partition coefficient (Wildman–Crippen LogP) is 2.95. The quantitative estimate of drug-likeness (QED) is 0.554. The summed E-state index contributed by atoms with van der Waals surface area (Å²) in [6, 6.07) is 6.90. The van der Waals surface area contributed by atoms with Gasteiger partial charge in [0.1, 0.15) is 0 Å². The zero-order valence-electron chi connectivity index (χ0n) is 8.13. The molecule has 0 heterocycles. The number of hydrogen-bond donors (Lipinski definition) is 0. The van der Waals surface area contributed by atoms with Crippen LogP contribution < -0.4 is 0 Å². The Morgan fingerprint density at radius 3 is 2.57 bits per heavy atom. The summed E-state index contributed by atoms with van der Waals surface area (Å²) in [5, 5.41) is 0.645. The van der Waals surface area contributed by atoms with Gasteiger partial charge in [0.05, 0.1) is 6.61 Å². The standard InChI is InChI=1S/C11H13ClO2/c1-2-14-8-7-11(13)9-3-5-10(12)6-4-9/h3-6H,2,7-8H2,1H3. The lowest BCUT2D eigenvalue weighted by Gasteiger charge is -2.01. The summed E-state index contributed by atoms with van der Waals surface area (Å²) >= 11 is 5.71. The van der Waals surface area contributed by atoms with E-state index in [1.165, 1.54) is 0 Å². The monoisotopic (exact) mass is 212 g/mol. The van der Waals surface area contributed by atoms with Crippen molar-refractivity contribution in [3.63, 3.8) is 0 Å². The third kappa shape index (κ3) is 3.48. The first-order valence-electron chi connectivity index (χ1n) is 4.60. The van der Waals surface area contributed by atoms with Crippen molar-refractivity contribution >= 4 is 17.4 Å². The average Bonchev–Trinajstić information content (AvgIpc) is 2.19. The number of carbonyl (C=O) groups is 1. The Balaban J connectivity index is 2.48. The highest BCUT2D eigenvalue weighted by Crippen LogP contribution is 2.10. The second kappa shape index (κ2) is 5.78. The summed E-state index contributed by atoms with van der Waals surface area (Å²) in [5.41, 5.74) is 0.689. The average molecular weight is 213 g/mol. The van der Waals surface area contributed by atoms with Crippen LogP contribution in [-0.2, 0) is 4.74 Å². The minimum absolute atomic E-state index is 0.0927. The molecule has 0 amide bonds. The molecule has 0 atom stereocenters. The number of carbonyl (C=O) groups excluding carboxylic acids is 1. The molecule has 0 aromatic heterocycles. The van der Waals surface area contributed by atoms with Gasteiger partial charge in [-0.1, -0.05) is 11.6 Å². The molecule has 0 unspecified atom stereocenters. The fourth-order valence-corrected chi connectivity index (χ4v) is 1.22. The molecule has 0 saturated heterocycles. The van der Waals surface area contributed by atoms with Gasteiger partial charge < -0.3 is 4.74 Å². The number of halogens is 1. The smallest absolute Gasteiger partial charge is 0.165 e. The van der Waals surface area contributed by atoms with Crippen LogP contribution in [-0.4, -0.2) is 19.0 Å². The van der Waals surface area contributed by atoms with Gasteiger partial charge in [0.2, 0.25) is 0 Å². The predicted molar refractivity (Wildman–Crippen MR) is 56.9 cm³/mol. The van der Waals surface area contributed by atoms with Gasteiger partial charge in [-0.2, -0.15) is 0 Å². The molecule has 0 aliphatic carbocycles. The normalized spacial score (nSPS) is 10.1. The van der Waals surface area contributed by atoms with Crippen LogP contribution in [0.5, 0.6) is 0 Å². The molecule has 0 bridgehead atoms. The second-order valence-electron chi connectivity index (χ2n) is 2.88. The van der Waals surface area contributed by atoms with Gasteiger partial charge in [0, 0.05) is 23.6 Å². The molecular formula is C11H13ClO2. The fourth-order valence-electron chi connectivity index (χ4n) is 1.09. The molecule has 76 valence electrons. The minimum atomic E-state index is 0.0927. The number of ketones is 1. The van der Waals surface area contributed by atoms with E-state index in [1.807, 2.05) is 6.92 Å². The van der Waals surface area contributed by atoms with Crippen molar-refractivity contribution in [3.05, 3.63) is 34.9 Å². The number of hydrogen-bond acceptors (Lipinski definition) is 2. The molecule has 0 spiro atoms. The largest absolute Gasteiger partial charge is 0.381 e. The Hall–Kier alpha value is -0.860. The highest BCUT2D eigenvalue weighted by molar-refractivity contribution is 6.30. The Morgan fingerprint density at radius 1 is 1.36 bits per heavy atom. The van der Waals surface area contributed by atoms with Crippen molar-refractivity contribution in [2.45, 2.75) is 13.3 Å². The van der Waals surface area contributed by atoms with E-state index in [9.17, 15) is 4.79 Å². The lowest BCUT2D eigenvalue weighted by Crippen LogP contribution is -2.04. The van der Waals surface area contributed by atoms with Crippen LogP contribution in [0.15, 0.2) is 24.3 Å². The number of Topliss-reactive ketones (excluding diaryl/α,β-unsaturated/α-hetero) is 1. The van der Waals surface area contributed by atoms with E-state index >= 15 is 0 Å². The van der Waals surface area contributed by atoms with Crippen molar-refractivity contribution in [3.8, 4) is 0 Å². The van der Waals surface area contributed by atoms with E-state index in [0.717, 1.165) is 0 Å². The molecule has 14 heavy (non-hydrogen) atoms. The van der Waals surface area contributed by atoms with E-state index < -0.39 is 0 Å². The van der Waals surface area contributed by atoms with Crippen LogP contribution in [0.25, 0.3) is 0 Å². The summed E-state index contributed by atoms with van der Waals surface area (Å²) in [5.74, 6) is 0.0927. The molecule has 0 radical (unpaired) electrons.